The Morgan fingerprint density at radius 1 is 1.25 bits per heavy atom. The third kappa shape index (κ3) is 3.98. The summed E-state index contributed by atoms with van der Waals surface area (Å²) < 4.78 is 28.0. The van der Waals surface area contributed by atoms with Crippen LogP contribution in [0.15, 0.2) is 0 Å². The highest BCUT2D eigenvalue weighted by Crippen LogP contribution is 2.24. The smallest absolute Gasteiger partial charge is 0.199 e. The van der Waals surface area contributed by atoms with Crippen LogP contribution in [0.25, 0.3) is 0 Å². The molecule has 0 heterocycles. The van der Waals surface area contributed by atoms with Crippen LogP contribution in [0.2, 0.25) is 0 Å². The van der Waals surface area contributed by atoms with E-state index in [2.05, 4.69) is 20.7 Å². The highest BCUT2D eigenvalue weighted by atomic mass is 79.9. The Morgan fingerprint density at radius 3 is 2.19 bits per heavy atom. The summed E-state index contributed by atoms with van der Waals surface area (Å²) in [5.74, 6) is 0. The van der Waals surface area contributed by atoms with Crippen molar-refractivity contribution in [3.8, 4) is 0 Å². The Balaban J connectivity index is 2.53. The van der Waals surface area contributed by atoms with E-state index in [-0.39, 0.29) is 12.1 Å². The molecule has 1 N–H and O–H groups in total. The van der Waals surface area contributed by atoms with Gasteiger partial charge in [-0.2, -0.15) is 17.4 Å². The first-order chi connectivity index (χ1) is 7.33. The molecule has 0 bridgehead atoms. The highest BCUT2D eigenvalue weighted by molar-refractivity contribution is 9.09. The summed E-state index contributed by atoms with van der Waals surface area (Å²) in [6, 6.07) is 0.0880. The van der Waals surface area contributed by atoms with E-state index in [1.54, 1.807) is 7.05 Å². The lowest BCUT2D eigenvalue weighted by molar-refractivity contribution is 0.374. The molecule has 1 fully saturated rings. The molecule has 1 aliphatic rings. The van der Waals surface area contributed by atoms with Gasteiger partial charge in [0.2, 0.25) is 0 Å². The van der Waals surface area contributed by atoms with E-state index in [1.807, 2.05) is 13.8 Å². The van der Waals surface area contributed by atoms with Crippen molar-refractivity contribution < 1.29 is 8.42 Å². The SMILES string of the molecule is CC(C)N(C)S(=O)(=O)NC1CCC(Br)CC1. The molecule has 6 heteroatoms. The Kier molecular flexibility index (Phi) is 5.22. The molecule has 96 valence electrons. The molecule has 0 aromatic rings. The molecule has 0 aliphatic heterocycles. The first kappa shape index (κ1) is 14.4. The van der Waals surface area contributed by atoms with Crippen LogP contribution >= 0.6 is 15.9 Å². The molecular formula is C10H21BrN2O2S. The second-order valence-electron chi connectivity index (χ2n) is 4.68. The zero-order chi connectivity index (χ0) is 12.3. The van der Waals surface area contributed by atoms with E-state index in [0.29, 0.717) is 4.83 Å². The lowest BCUT2D eigenvalue weighted by Gasteiger charge is -2.29. The minimum absolute atomic E-state index is 0.00925. The summed E-state index contributed by atoms with van der Waals surface area (Å²) in [5, 5.41) is 0. The molecule has 0 aromatic heterocycles. The average molecular weight is 313 g/mol. The van der Waals surface area contributed by atoms with Gasteiger partial charge in [0.1, 0.15) is 0 Å². The van der Waals surface area contributed by atoms with E-state index in [4.69, 9.17) is 0 Å². The number of hydrogen-bond acceptors (Lipinski definition) is 2. The van der Waals surface area contributed by atoms with Crippen molar-refractivity contribution in [2.45, 2.75) is 56.4 Å². The molecule has 0 atom stereocenters. The highest BCUT2D eigenvalue weighted by Gasteiger charge is 2.27. The first-order valence-electron chi connectivity index (χ1n) is 5.72. The predicted molar refractivity (Wildman–Crippen MR) is 69.9 cm³/mol. The number of nitrogens with zero attached hydrogens (tertiary/aromatic N) is 1. The Labute approximate surface area is 107 Å². The normalized spacial score (nSPS) is 27.6. The largest absolute Gasteiger partial charge is 0.279 e. The van der Waals surface area contributed by atoms with Crippen LogP contribution in [0.1, 0.15) is 39.5 Å². The van der Waals surface area contributed by atoms with Gasteiger partial charge < -0.3 is 0 Å². The number of nitrogens with one attached hydrogen (secondary N) is 1. The van der Waals surface area contributed by atoms with Crippen LogP contribution in [0, 0.1) is 0 Å². The summed E-state index contributed by atoms with van der Waals surface area (Å²) in [6.45, 7) is 3.74. The second-order valence-corrected chi connectivity index (χ2v) is 7.74. The number of rotatable bonds is 4. The molecule has 0 radical (unpaired) electrons. The van der Waals surface area contributed by atoms with Crippen molar-refractivity contribution in [1.29, 1.82) is 0 Å². The van der Waals surface area contributed by atoms with E-state index in [0.717, 1.165) is 25.7 Å². The number of hydrogen-bond donors (Lipinski definition) is 1. The average Bonchev–Trinajstić information content (AvgIpc) is 2.20. The Bertz CT molecular complexity index is 311. The zero-order valence-electron chi connectivity index (χ0n) is 10.1. The van der Waals surface area contributed by atoms with E-state index >= 15 is 0 Å². The van der Waals surface area contributed by atoms with Crippen molar-refractivity contribution in [2.75, 3.05) is 7.05 Å². The minimum Gasteiger partial charge on any atom is -0.199 e. The van der Waals surface area contributed by atoms with Crippen LogP contribution in [-0.4, -0.2) is 36.7 Å². The Hall–Kier alpha value is 0.350. The monoisotopic (exact) mass is 312 g/mol. The lowest BCUT2D eigenvalue weighted by atomic mass is 9.96. The minimum atomic E-state index is -3.31. The van der Waals surface area contributed by atoms with Crippen molar-refractivity contribution >= 4 is 26.1 Å². The van der Waals surface area contributed by atoms with Crippen molar-refractivity contribution in [2.24, 2.45) is 0 Å². The van der Waals surface area contributed by atoms with E-state index < -0.39 is 10.2 Å². The van der Waals surface area contributed by atoms with Gasteiger partial charge in [-0.15, -0.1) is 0 Å². The number of alkyl halides is 1. The molecule has 0 spiro atoms. The summed E-state index contributed by atoms with van der Waals surface area (Å²) in [7, 11) is -1.69. The van der Waals surface area contributed by atoms with Gasteiger partial charge in [-0.3, -0.25) is 0 Å². The fraction of sp³-hybridized carbons (Fsp3) is 1.00. The molecular weight excluding hydrogens is 292 g/mol. The standard InChI is InChI=1S/C10H21BrN2O2S/c1-8(2)13(3)16(14,15)12-10-6-4-9(11)5-7-10/h8-10,12H,4-7H2,1-3H3. The third-order valence-corrected chi connectivity index (χ3v) is 5.81. The maximum absolute atomic E-state index is 11.9. The third-order valence-electron chi connectivity index (χ3n) is 3.08. The maximum Gasteiger partial charge on any atom is 0.279 e. The molecule has 0 unspecified atom stereocenters. The molecule has 1 rings (SSSR count). The van der Waals surface area contributed by atoms with Gasteiger partial charge in [0.25, 0.3) is 10.2 Å². The fourth-order valence-electron chi connectivity index (χ4n) is 1.74. The molecule has 1 saturated carbocycles. The quantitative estimate of drug-likeness (QED) is 0.806. The summed E-state index contributed by atoms with van der Waals surface area (Å²) >= 11 is 3.56. The molecule has 1 aliphatic carbocycles. The van der Waals surface area contributed by atoms with Gasteiger partial charge in [-0.05, 0) is 39.5 Å². The summed E-state index contributed by atoms with van der Waals surface area (Å²) in [6.07, 6.45) is 3.92. The molecule has 0 amide bonds. The van der Waals surface area contributed by atoms with Gasteiger partial charge >= 0.3 is 0 Å². The van der Waals surface area contributed by atoms with Crippen molar-refractivity contribution in [3.63, 3.8) is 0 Å². The van der Waals surface area contributed by atoms with Crippen LogP contribution in [0.4, 0.5) is 0 Å². The Morgan fingerprint density at radius 2 is 1.75 bits per heavy atom. The van der Waals surface area contributed by atoms with Gasteiger partial charge in [0.15, 0.2) is 0 Å². The molecule has 16 heavy (non-hydrogen) atoms. The van der Waals surface area contributed by atoms with Gasteiger partial charge in [-0.1, -0.05) is 15.9 Å². The van der Waals surface area contributed by atoms with Crippen molar-refractivity contribution in [3.05, 3.63) is 0 Å². The van der Waals surface area contributed by atoms with Crippen LogP contribution in [-0.2, 0) is 10.2 Å². The summed E-state index contributed by atoms with van der Waals surface area (Å²) in [5.41, 5.74) is 0. The van der Waals surface area contributed by atoms with Gasteiger partial charge in [-0.25, -0.2) is 0 Å². The van der Waals surface area contributed by atoms with Gasteiger partial charge in [0, 0.05) is 24.0 Å². The van der Waals surface area contributed by atoms with E-state index in [1.165, 1.54) is 4.31 Å². The van der Waals surface area contributed by atoms with E-state index in [9.17, 15) is 8.42 Å². The molecule has 0 saturated heterocycles. The molecule has 0 aromatic carbocycles. The second kappa shape index (κ2) is 5.80. The molecule has 4 nitrogen and oxygen atoms in total. The summed E-state index contributed by atoms with van der Waals surface area (Å²) in [4.78, 5) is 0.552. The predicted octanol–water partition coefficient (Wildman–Crippen LogP) is 1.87. The zero-order valence-corrected chi connectivity index (χ0v) is 12.5. The van der Waals surface area contributed by atoms with Gasteiger partial charge in [0.05, 0.1) is 0 Å². The topological polar surface area (TPSA) is 49.4 Å². The van der Waals surface area contributed by atoms with Crippen molar-refractivity contribution in [1.82, 2.24) is 9.03 Å². The first-order valence-corrected chi connectivity index (χ1v) is 8.08. The maximum atomic E-state index is 11.9. The lowest BCUT2D eigenvalue weighted by Crippen LogP contribution is -2.47. The fourth-order valence-corrected chi connectivity index (χ4v) is 3.65. The number of halogens is 1. The van der Waals surface area contributed by atoms with Crippen LogP contribution < -0.4 is 4.72 Å². The van der Waals surface area contributed by atoms with Crippen LogP contribution in [0.3, 0.4) is 0 Å². The van der Waals surface area contributed by atoms with Crippen LogP contribution in [0.5, 0.6) is 0 Å².